The maximum atomic E-state index is 12.6. The van der Waals surface area contributed by atoms with Gasteiger partial charge in [-0.1, -0.05) is 40.2 Å². The Morgan fingerprint density at radius 1 is 1.17 bits per heavy atom. The molecule has 1 unspecified atom stereocenters. The highest BCUT2D eigenvalue weighted by molar-refractivity contribution is 9.09. The van der Waals surface area contributed by atoms with Gasteiger partial charge in [-0.05, 0) is 29.5 Å². The van der Waals surface area contributed by atoms with Crippen molar-refractivity contribution in [1.82, 2.24) is 0 Å². The van der Waals surface area contributed by atoms with Crippen molar-refractivity contribution in [2.24, 2.45) is 0 Å². The Balaban J connectivity index is 2.18. The SMILES string of the molecule is FC(F)(F)c1cccc(C(Br)Cc2cccs2)c1. The van der Waals surface area contributed by atoms with Gasteiger partial charge in [0.1, 0.15) is 0 Å². The third-order valence-electron chi connectivity index (χ3n) is 2.54. The van der Waals surface area contributed by atoms with Crippen LogP contribution in [0.15, 0.2) is 41.8 Å². The van der Waals surface area contributed by atoms with Crippen molar-refractivity contribution in [2.45, 2.75) is 17.4 Å². The van der Waals surface area contributed by atoms with E-state index in [-0.39, 0.29) is 4.83 Å². The summed E-state index contributed by atoms with van der Waals surface area (Å²) in [6.45, 7) is 0. The van der Waals surface area contributed by atoms with Gasteiger partial charge < -0.3 is 0 Å². The van der Waals surface area contributed by atoms with Gasteiger partial charge >= 0.3 is 6.18 Å². The molecule has 1 atom stereocenters. The van der Waals surface area contributed by atoms with Crippen LogP contribution in [0.5, 0.6) is 0 Å². The number of benzene rings is 1. The lowest BCUT2D eigenvalue weighted by Gasteiger charge is -2.12. The summed E-state index contributed by atoms with van der Waals surface area (Å²) in [5, 5.41) is 1.96. The van der Waals surface area contributed by atoms with Gasteiger partial charge in [-0.2, -0.15) is 13.2 Å². The zero-order chi connectivity index (χ0) is 13.2. The first-order chi connectivity index (χ1) is 8.47. The molecular weight excluding hydrogens is 325 g/mol. The van der Waals surface area contributed by atoms with E-state index in [0.717, 1.165) is 10.9 Å². The molecule has 0 fully saturated rings. The van der Waals surface area contributed by atoms with Crippen molar-refractivity contribution in [3.8, 4) is 0 Å². The molecule has 1 aromatic heterocycles. The molecule has 0 bridgehead atoms. The molecule has 0 saturated heterocycles. The predicted octanol–water partition coefficient (Wildman–Crippen LogP) is 5.45. The summed E-state index contributed by atoms with van der Waals surface area (Å²) >= 11 is 5.05. The Morgan fingerprint density at radius 2 is 1.94 bits per heavy atom. The fourth-order valence-electron chi connectivity index (χ4n) is 1.63. The van der Waals surface area contributed by atoms with Crippen LogP contribution in [-0.4, -0.2) is 0 Å². The molecule has 0 nitrogen and oxygen atoms in total. The Bertz CT molecular complexity index is 505. The van der Waals surface area contributed by atoms with Crippen LogP contribution in [0.25, 0.3) is 0 Å². The lowest BCUT2D eigenvalue weighted by Crippen LogP contribution is -2.06. The van der Waals surface area contributed by atoms with Gasteiger partial charge in [0, 0.05) is 9.70 Å². The second kappa shape index (κ2) is 5.45. The number of halogens is 4. The zero-order valence-corrected chi connectivity index (χ0v) is 11.6. The first kappa shape index (κ1) is 13.6. The highest BCUT2D eigenvalue weighted by atomic mass is 79.9. The standard InChI is InChI=1S/C13H10BrF3S/c14-12(8-11-5-2-6-18-11)9-3-1-4-10(7-9)13(15,16)17/h1-7,12H,8H2. The molecular formula is C13H10BrF3S. The highest BCUT2D eigenvalue weighted by Crippen LogP contribution is 2.34. The average molecular weight is 335 g/mol. The fourth-order valence-corrected chi connectivity index (χ4v) is 3.23. The minimum atomic E-state index is -4.29. The lowest BCUT2D eigenvalue weighted by atomic mass is 10.1. The molecule has 0 amide bonds. The quantitative estimate of drug-likeness (QED) is 0.655. The van der Waals surface area contributed by atoms with Crippen LogP contribution in [0.4, 0.5) is 13.2 Å². The molecule has 96 valence electrons. The Kier molecular flexibility index (Phi) is 4.12. The summed E-state index contributed by atoms with van der Waals surface area (Å²) in [6, 6.07) is 9.36. The maximum Gasteiger partial charge on any atom is 0.416 e. The van der Waals surface area contributed by atoms with E-state index in [2.05, 4.69) is 15.9 Å². The monoisotopic (exact) mass is 334 g/mol. The number of alkyl halides is 4. The largest absolute Gasteiger partial charge is 0.416 e. The van der Waals surface area contributed by atoms with E-state index in [1.54, 1.807) is 17.4 Å². The number of hydrogen-bond donors (Lipinski definition) is 0. The molecule has 1 heterocycles. The zero-order valence-electron chi connectivity index (χ0n) is 9.25. The molecule has 0 spiro atoms. The third-order valence-corrected chi connectivity index (χ3v) is 4.29. The van der Waals surface area contributed by atoms with Crippen LogP contribution < -0.4 is 0 Å². The van der Waals surface area contributed by atoms with Crippen molar-refractivity contribution in [3.63, 3.8) is 0 Å². The van der Waals surface area contributed by atoms with Gasteiger partial charge in [-0.3, -0.25) is 0 Å². The van der Waals surface area contributed by atoms with Crippen LogP contribution in [0.1, 0.15) is 20.8 Å². The predicted molar refractivity (Wildman–Crippen MR) is 71.1 cm³/mol. The van der Waals surface area contributed by atoms with Gasteiger partial charge in [-0.15, -0.1) is 11.3 Å². The summed E-state index contributed by atoms with van der Waals surface area (Å²) in [5.41, 5.74) is 0.0499. The van der Waals surface area contributed by atoms with Crippen LogP contribution in [-0.2, 0) is 12.6 Å². The molecule has 2 rings (SSSR count). The van der Waals surface area contributed by atoms with E-state index in [1.807, 2.05) is 17.5 Å². The minimum Gasteiger partial charge on any atom is -0.166 e. The smallest absolute Gasteiger partial charge is 0.166 e. The number of rotatable bonds is 3. The first-order valence-corrected chi connectivity index (χ1v) is 7.10. The molecule has 0 aliphatic carbocycles. The highest BCUT2D eigenvalue weighted by Gasteiger charge is 2.30. The Labute approximate surface area is 116 Å². The Morgan fingerprint density at radius 3 is 2.56 bits per heavy atom. The summed E-state index contributed by atoms with van der Waals surface area (Å²) in [4.78, 5) is 1.05. The summed E-state index contributed by atoms with van der Waals surface area (Å²) < 4.78 is 37.8. The molecule has 0 aliphatic rings. The van der Waals surface area contributed by atoms with Crippen LogP contribution in [0, 0.1) is 0 Å². The second-order valence-corrected chi connectivity index (χ2v) is 6.01. The molecule has 0 radical (unpaired) electrons. The van der Waals surface area contributed by atoms with Crippen molar-refractivity contribution in [2.75, 3.05) is 0 Å². The fraction of sp³-hybridized carbons (Fsp3) is 0.231. The number of thiophene rings is 1. The molecule has 1 aromatic carbocycles. The van der Waals surface area contributed by atoms with Gasteiger partial charge in [0.15, 0.2) is 0 Å². The van der Waals surface area contributed by atoms with E-state index in [0.29, 0.717) is 12.0 Å². The normalized spacial score (nSPS) is 13.6. The van der Waals surface area contributed by atoms with E-state index >= 15 is 0 Å². The van der Waals surface area contributed by atoms with Gasteiger partial charge in [-0.25, -0.2) is 0 Å². The van der Waals surface area contributed by atoms with E-state index in [4.69, 9.17) is 0 Å². The summed E-state index contributed by atoms with van der Waals surface area (Å²) in [7, 11) is 0. The third kappa shape index (κ3) is 3.36. The van der Waals surface area contributed by atoms with Gasteiger partial charge in [0.2, 0.25) is 0 Å². The van der Waals surface area contributed by atoms with Crippen molar-refractivity contribution >= 4 is 27.3 Å². The van der Waals surface area contributed by atoms with E-state index in [1.165, 1.54) is 12.1 Å². The minimum absolute atomic E-state index is 0.0987. The molecule has 0 saturated carbocycles. The van der Waals surface area contributed by atoms with Crippen molar-refractivity contribution < 1.29 is 13.2 Å². The Hall–Kier alpha value is -0.810. The second-order valence-electron chi connectivity index (χ2n) is 3.87. The summed E-state index contributed by atoms with van der Waals surface area (Å²) in [6.07, 6.45) is -3.59. The average Bonchev–Trinajstić information content (AvgIpc) is 2.81. The molecule has 18 heavy (non-hydrogen) atoms. The van der Waals surface area contributed by atoms with Crippen LogP contribution in [0.2, 0.25) is 0 Å². The number of hydrogen-bond acceptors (Lipinski definition) is 1. The lowest BCUT2D eigenvalue weighted by molar-refractivity contribution is -0.137. The van der Waals surface area contributed by atoms with Gasteiger partial charge in [0.25, 0.3) is 0 Å². The van der Waals surface area contributed by atoms with Gasteiger partial charge in [0.05, 0.1) is 5.56 Å². The molecule has 5 heteroatoms. The van der Waals surface area contributed by atoms with Crippen LogP contribution >= 0.6 is 27.3 Å². The summed E-state index contributed by atoms with van der Waals surface area (Å²) in [5.74, 6) is 0. The first-order valence-electron chi connectivity index (χ1n) is 5.30. The molecule has 0 aliphatic heterocycles. The molecule has 0 N–H and O–H groups in total. The molecule has 2 aromatic rings. The van der Waals surface area contributed by atoms with E-state index < -0.39 is 11.7 Å². The van der Waals surface area contributed by atoms with Crippen LogP contribution in [0.3, 0.4) is 0 Å². The topological polar surface area (TPSA) is 0 Å². The van der Waals surface area contributed by atoms with E-state index in [9.17, 15) is 13.2 Å². The van der Waals surface area contributed by atoms with Crippen molar-refractivity contribution in [1.29, 1.82) is 0 Å². The van der Waals surface area contributed by atoms with Crippen molar-refractivity contribution in [3.05, 3.63) is 57.8 Å². The maximum absolute atomic E-state index is 12.6.